The van der Waals surface area contributed by atoms with Crippen molar-refractivity contribution in [3.05, 3.63) is 53.7 Å². The van der Waals surface area contributed by atoms with Gasteiger partial charge in [0.05, 0.1) is 12.7 Å². The Balaban J connectivity index is 2.11. The number of aromatic nitrogens is 1. The Bertz CT molecular complexity index is 582. The predicted molar refractivity (Wildman–Crippen MR) is 74.9 cm³/mol. The van der Waals surface area contributed by atoms with Gasteiger partial charge >= 0.3 is 5.97 Å². The molecule has 0 unspecified atom stereocenters. The Kier molecular flexibility index (Phi) is 4.68. The maximum Gasteiger partial charge on any atom is 0.338 e. The first kappa shape index (κ1) is 14.0. The minimum absolute atomic E-state index is 0.356. The highest BCUT2D eigenvalue weighted by atomic mass is 16.5. The molecular weight excluding hydrogens is 256 g/mol. The van der Waals surface area contributed by atoms with Gasteiger partial charge in [0.2, 0.25) is 5.88 Å². The normalized spacial score (nSPS) is 10.1. The van der Waals surface area contributed by atoms with Gasteiger partial charge in [-0.3, -0.25) is 0 Å². The first-order valence-electron chi connectivity index (χ1n) is 6.18. The number of carbonyl (C=O) groups is 1. The molecule has 0 aliphatic rings. The number of nitrogens with one attached hydrogen (secondary N) is 1. The molecular formula is C15H16N2O3. The molecule has 0 saturated heterocycles. The summed E-state index contributed by atoms with van der Waals surface area (Å²) in [6.07, 6.45) is 1.51. The standard InChI is InChI=1S/C15H16N2O3/c1-16-10-11-3-5-13(6-4-11)20-14-9-12(7-8-17-14)15(18)19-2/h3-9,16H,10H2,1-2H3. The highest BCUT2D eigenvalue weighted by Crippen LogP contribution is 2.20. The Morgan fingerprint density at radius 2 is 2.00 bits per heavy atom. The molecule has 5 nitrogen and oxygen atoms in total. The summed E-state index contributed by atoms with van der Waals surface area (Å²) in [5.74, 6) is 0.607. The van der Waals surface area contributed by atoms with Crippen molar-refractivity contribution in [2.24, 2.45) is 0 Å². The summed E-state index contributed by atoms with van der Waals surface area (Å²) < 4.78 is 10.3. The average Bonchev–Trinajstić information content (AvgIpc) is 2.49. The fourth-order valence-corrected chi connectivity index (χ4v) is 1.71. The predicted octanol–water partition coefficient (Wildman–Crippen LogP) is 2.38. The molecule has 104 valence electrons. The van der Waals surface area contributed by atoms with Crippen LogP contribution in [-0.2, 0) is 11.3 Å². The third-order valence-corrected chi connectivity index (χ3v) is 2.68. The largest absolute Gasteiger partial charge is 0.465 e. The van der Waals surface area contributed by atoms with Gasteiger partial charge in [-0.1, -0.05) is 12.1 Å². The van der Waals surface area contributed by atoms with E-state index in [2.05, 4.69) is 15.0 Å². The van der Waals surface area contributed by atoms with E-state index < -0.39 is 5.97 Å². The molecule has 0 atom stereocenters. The molecule has 0 saturated carbocycles. The van der Waals surface area contributed by atoms with E-state index >= 15 is 0 Å². The second kappa shape index (κ2) is 6.68. The lowest BCUT2D eigenvalue weighted by Crippen LogP contribution is -2.04. The Labute approximate surface area is 117 Å². The van der Waals surface area contributed by atoms with E-state index in [4.69, 9.17) is 4.74 Å². The molecule has 2 aromatic rings. The van der Waals surface area contributed by atoms with Crippen LogP contribution in [0, 0.1) is 0 Å². The molecule has 0 bridgehead atoms. The molecule has 0 spiro atoms. The third-order valence-electron chi connectivity index (χ3n) is 2.68. The van der Waals surface area contributed by atoms with Gasteiger partial charge in [-0.15, -0.1) is 0 Å². The Hall–Kier alpha value is -2.40. The lowest BCUT2D eigenvalue weighted by Gasteiger charge is -2.07. The van der Waals surface area contributed by atoms with Crippen LogP contribution >= 0.6 is 0 Å². The lowest BCUT2D eigenvalue weighted by molar-refractivity contribution is 0.0600. The van der Waals surface area contributed by atoms with Crippen LogP contribution in [0.4, 0.5) is 0 Å². The summed E-state index contributed by atoms with van der Waals surface area (Å²) in [6.45, 7) is 0.802. The third kappa shape index (κ3) is 3.55. The molecule has 1 N–H and O–H groups in total. The summed E-state index contributed by atoms with van der Waals surface area (Å²) >= 11 is 0. The Morgan fingerprint density at radius 1 is 1.25 bits per heavy atom. The van der Waals surface area contributed by atoms with Crippen molar-refractivity contribution in [1.82, 2.24) is 10.3 Å². The SMILES string of the molecule is CNCc1ccc(Oc2cc(C(=O)OC)ccn2)cc1. The topological polar surface area (TPSA) is 60.5 Å². The molecule has 1 aromatic carbocycles. The van der Waals surface area contributed by atoms with Crippen LogP contribution in [0.1, 0.15) is 15.9 Å². The van der Waals surface area contributed by atoms with Crippen molar-refractivity contribution in [2.75, 3.05) is 14.2 Å². The number of benzene rings is 1. The van der Waals surface area contributed by atoms with Crippen LogP contribution in [0.15, 0.2) is 42.6 Å². The number of methoxy groups -OCH3 is 1. The first-order chi connectivity index (χ1) is 9.72. The summed E-state index contributed by atoms with van der Waals surface area (Å²) in [7, 11) is 3.23. The van der Waals surface area contributed by atoms with Gasteiger partial charge in [-0.25, -0.2) is 9.78 Å². The zero-order valence-corrected chi connectivity index (χ0v) is 11.4. The van der Waals surface area contributed by atoms with E-state index in [9.17, 15) is 4.79 Å². The monoisotopic (exact) mass is 272 g/mol. The van der Waals surface area contributed by atoms with Gasteiger partial charge in [0, 0.05) is 18.8 Å². The molecule has 20 heavy (non-hydrogen) atoms. The minimum Gasteiger partial charge on any atom is -0.465 e. The van der Waals surface area contributed by atoms with Crippen molar-refractivity contribution in [3.63, 3.8) is 0 Å². The fraction of sp³-hybridized carbons (Fsp3) is 0.200. The number of hydrogen-bond acceptors (Lipinski definition) is 5. The maximum absolute atomic E-state index is 11.4. The number of rotatable bonds is 5. The molecule has 2 rings (SSSR count). The minimum atomic E-state index is -0.415. The average molecular weight is 272 g/mol. The van der Waals surface area contributed by atoms with Gasteiger partial charge in [0.1, 0.15) is 5.75 Å². The molecule has 0 fully saturated rings. The van der Waals surface area contributed by atoms with E-state index in [1.807, 2.05) is 31.3 Å². The number of hydrogen-bond donors (Lipinski definition) is 1. The lowest BCUT2D eigenvalue weighted by atomic mass is 10.2. The number of ether oxygens (including phenoxy) is 2. The van der Waals surface area contributed by atoms with Crippen molar-refractivity contribution in [3.8, 4) is 11.6 Å². The number of carbonyl (C=O) groups excluding carboxylic acids is 1. The second-order valence-corrected chi connectivity index (χ2v) is 4.15. The van der Waals surface area contributed by atoms with Crippen LogP contribution in [-0.4, -0.2) is 25.1 Å². The molecule has 1 aromatic heterocycles. The van der Waals surface area contributed by atoms with Gasteiger partial charge in [0.15, 0.2) is 0 Å². The zero-order chi connectivity index (χ0) is 14.4. The van der Waals surface area contributed by atoms with E-state index in [1.165, 1.54) is 13.3 Å². The highest BCUT2D eigenvalue weighted by molar-refractivity contribution is 5.89. The highest BCUT2D eigenvalue weighted by Gasteiger charge is 2.07. The number of pyridine rings is 1. The van der Waals surface area contributed by atoms with Crippen LogP contribution in [0.5, 0.6) is 11.6 Å². The van der Waals surface area contributed by atoms with E-state index in [0.29, 0.717) is 17.2 Å². The van der Waals surface area contributed by atoms with Crippen molar-refractivity contribution < 1.29 is 14.3 Å². The van der Waals surface area contributed by atoms with Crippen molar-refractivity contribution in [1.29, 1.82) is 0 Å². The van der Waals surface area contributed by atoms with Crippen molar-refractivity contribution in [2.45, 2.75) is 6.54 Å². The van der Waals surface area contributed by atoms with Gasteiger partial charge in [-0.05, 0) is 30.8 Å². The molecule has 0 aliphatic heterocycles. The summed E-state index contributed by atoms with van der Waals surface area (Å²) in [4.78, 5) is 15.5. The molecule has 0 aliphatic carbocycles. The van der Waals surface area contributed by atoms with Gasteiger partial charge in [0.25, 0.3) is 0 Å². The van der Waals surface area contributed by atoms with Crippen LogP contribution in [0.2, 0.25) is 0 Å². The molecule has 0 amide bonds. The van der Waals surface area contributed by atoms with Gasteiger partial charge in [-0.2, -0.15) is 0 Å². The van der Waals surface area contributed by atoms with Crippen LogP contribution < -0.4 is 10.1 Å². The summed E-state index contributed by atoms with van der Waals surface area (Å²) in [6, 6.07) is 10.8. The van der Waals surface area contributed by atoms with Crippen LogP contribution in [0.25, 0.3) is 0 Å². The zero-order valence-electron chi connectivity index (χ0n) is 11.4. The maximum atomic E-state index is 11.4. The Morgan fingerprint density at radius 3 is 2.65 bits per heavy atom. The van der Waals surface area contributed by atoms with Crippen molar-refractivity contribution >= 4 is 5.97 Å². The quantitative estimate of drug-likeness (QED) is 0.847. The molecule has 1 heterocycles. The van der Waals surface area contributed by atoms with Gasteiger partial charge < -0.3 is 14.8 Å². The molecule has 5 heteroatoms. The smallest absolute Gasteiger partial charge is 0.338 e. The number of esters is 1. The summed E-state index contributed by atoms with van der Waals surface area (Å²) in [5.41, 5.74) is 1.57. The van der Waals surface area contributed by atoms with E-state index in [0.717, 1.165) is 12.1 Å². The van der Waals surface area contributed by atoms with E-state index in [-0.39, 0.29) is 0 Å². The van der Waals surface area contributed by atoms with Crippen LogP contribution in [0.3, 0.4) is 0 Å². The second-order valence-electron chi connectivity index (χ2n) is 4.15. The fourth-order valence-electron chi connectivity index (χ4n) is 1.71. The van der Waals surface area contributed by atoms with E-state index in [1.54, 1.807) is 12.1 Å². The summed E-state index contributed by atoms with van der Waals surface area (Å²) in [5, 5.41) is 3.07. The molecule has 0 radical (unpaired) electrons. The first-order valence-corrected chi connectivity index (χ1v) is 6.18. The number of nitrogens with zero attached hydrogens (tertiary/aromatic N) is 1.